The van der Waals surface area contributed by atoms with Gasteiger partial charge in [0.1, 0.15) is 0 Å². The van der Waals surface area contributed by atoms with Crippen LogP contribution in [0.25, 0.3) is 0 Å². The highest BCUT2D eigenvalue weighted by Crippen LogP contribution is 2.14. The minimum Gasteiger partial charge on any atom is -0.481 e. The number of rotatable bonds is 6. The molecule has 2 N–H and O–H groups in total. The molecular weight excluding hydrogens is 276 g/mol. The van der Waals surface area contributed by atoms with Gasteiger partial charge in [-0.1, -0.05) is 6.07 Å². The predicted molar refractivity (Wildman–Crippen MR) is 80.0 cm³/mol. The average molecular weight is 298 g/mol. The van der Waals surface area contributed by atoms with E-state index in [1.807, 2.05) is 24.4 Å². The van der Waals surface area contributed by atoms with Gasteiger partial charge in [-0.2, -0.15) is 0 Å². The number of amides is 2. The highest BCUT2D eigenvalue weighted by molar-refractivity contribution is 7.09. The van der Waals surface area contributed by atoms with Gasteiger partial charge in [-0.15, -0.1) is 11.3 Å². The molecule has 3 atom stereocenters. The second kappa shape index (κ2) is 7.28. The van der Waals surface area contributed by atoms with Crippen LogP contribution in [-0.2, 0) is 11.2 Å². The molecule has 0 saturated carbocycles. The number of carboxylic acids is 1. The molecule has 1 aromatic rings. The van der Waals surface area contributed by atoms with Crippen LogP contribution in [-0.4, -0.2) is 41.1 Å². The number of nitrogens with zero attached hydrogens (tertiary/aromatic N) is 1. The topological polar surface area (TPSA) is 69.6 Å². The van der Waals surface area contributed by atoms with Gasteiger partial charge < -0.3 is 15.3 Å². The molecular formula is C14H22N2O3S. The lowest BCUT2D eigenvalue weighted by Gasteiger charge is -2.27. The van der Waals surface area contributed by atoms with E-state index in [2.05, 4.69) is 5.32 Å². The molecule has 1 aromatic heterocycles. The van der Waals surface area contributed by atoms with Crippen LogP contribution in [0.1, 0.15) is 25.6 Å². The molecule has 20 heavy (non-hydrogen) atoms. The van der Waals surface area contributed by atoms with Crippen LogP contribution in [0.2, 0.25) is 0 Å². The summed E-state index contributed by atoms with van der Waals surface area (Å²) in [7, 11) is 1.73. The number of likely N-dealkylation sites (N-methyl/N-ethyl adjacent to an activating group) is 1. The smallest absolute Gasteiger partial charge is 0.317 e. The highest BCUT2D eigenvalue weighted by atomic mass is 32.1. The first kappa shape index (κ1) is 16.5. The van der Waals surface area contributed by atoms with E-state index in [1.165, 1.54) is 4.88 Å². The second-order valence-corrected chi connectivity index (χ2v) is 6.14. The minimum atomic E-state index is -0.910. The largest absolute Gasteiger partial charge is 0.481 e. The Kier molecular flexibility index (Phi) is 6.01. The number of carbonyl (C=O) groups excluding carboxylic acids is 1. The van der Waals surface area contributed by atoms with Crippen molar-refractivity contribution in [3.8, 4) is 0 Å². The first-order chi connectivity index (χ1) is 9.32. The van der Waals surface area contributed by atoms with E-state index >= 15 is 0 Å². The minimum absolute atomic E-state index is 0.0565. The molecule has 0 saturated heterocycles. The van der Waals surface area contributed by atoms with Crippen LogP contribution in [0.5, 0.6) is 0 Å². The molecule has 5 nitrogen and oxygen atoms in total. The summed E-state index contributed by atoms with van der Waals surface area (Å²) in [4.78, 5) is 25.8. The standard InChI is InChI=1S/C14H22N2O3S/c1-9(8-12-6-5-7-20-12)16(4)14(19)15-11(3)10(2)13(17)18/h5-7,9-11H,8H2,1-4H3,(H,15,19)(H,17,18). The predicted octanol–water partition coefficient (Wildman–Crippen LogP) is 2.43. The third-order valence-electron chi connectivity index (χ3n) is 3.55. The van der Waals surface area contributed by atoms with Crippen LogP contribution in [0, 0.1) is 5.92 Å². The Balaban J connectivity index is 2.51. The molecule has 112 valence electrons. The molecule has 6 heteroatoms. The number of aliphatic carboxylic acids is 1. The Morgan fingerprint density at radius 3 is 2.55 bits per heavy atom. The number of carbonyl (C=O) groups is 2. The van der Waals surface area contributed by atoms with E-state index in [-0.39, 0.29) is 12.1 Å². The molecule has 0 fully saturated rings. The normalized spacial score (nSPS) is 15.2. The van der Waals surface area contributed by atoms with Crippen molar-refractivity contribution >= 4 is 23.3 Å². The lowest BCUT2D eigenvalue weighted by molar-refractivity contribution is -0.141. The van der Waals surface area contributed by atoms with Gasteiger partial charge in [0, 0.05) is 30.4 Å². The Morgan fingerprint density at radius 1 is 1.40 bits per heavy atom. The van der Waals surface area contributed by atoms with Gasteiger partial charge in [0.2, 0.25) is 0 Å². The number of thiophene rings is 1. The van der Waals surface area contributed by atoms with Gasteiger partial charge in [0.15, 0.2) is 0 Å². The fourth-order valence-corrected chi connectivity index (χ4v) is 2.52. The van der Waals surface area contributed by atoms with Crippen LogP contribution in [0.4, 0.5) is 4.79 Å². The first-order valence-electron chi connectivity index (χ1n) is 6.61. The van der Waals surface area contributed by atoms with Crippen LogP contribution in [0.3, 0.4) is 0 Å². The van der Waals surface area contributed by atoms with Crippen molar-refractivity contribution in [2.75, 3.05) is 7.05 Å². The maximum absolute atomic E-state index is 12.1. The summed E-state index contributed by atoms with van der Waals surface area (Å²) in [5.74, 6) is -1.52. The summed E-state index contributed by atoms with van der Waals surface area (Å²) >= 11 is 1.67. The van der Waals surface area contributed by atoms with Crippen molar-refractivity contribution in [2.45, 2.75) is 39.3 Å². The molecule has 0 aliphatic heterocycles. The Labute approximate surface area is 123 Å². The summed E-state index contributed by atoms with van der Waals surface area (Å²) in [5.41, 5.74) is 0. The third kappa shape index (κ3) is 4.52. The Bertz CT molecular complexity index is 447. The van der Waals surface area contributed by atoms with E-state index < -0.39 is 17.9 Å². The molecule has 0 bridgehead atoms. The summed E-state index contributed by atoms with van der Waals surface area (Å²) in [6.45, 7) is 5.27. The van der Waals surface area contributed by atoms with Gasteiger partial charge >= 0.3 is 12.0 Å². The van der Waals surface area contributed by atoms with Gasteiger partial charge in [-0.25, -0.2) is 4.79 Å². The van der Waals surface area contributed by atoms with E-state index in [1.54, 1.807) is 37.1 Å². The fourth-order valence-electron chi connectivity index (χ4n) is 1.69. The molecule has 0 radical (unpaired) electrons. The maximum atomic E-state index is 12.1. The molecule has 0 aliphatic carbocycles. The molecule has 0 spiro atoms. The number of hydrogen-bond acceptors (Lipinski definition) is 3. The van der Waals surface area contributed by atoms with Crippen molar-refractivity contribution in [1.82, 2.24) is 10.2 Å². The lowest BCUT2D eigenvalue weighted by Crippen LogP contribution is -2.48. The van der Waals surface area contributed by atoms with E-state index in [9.17, 15) is 9.59 Å². The van der Waals surface area contributed by atoms with E-state index in [0.29, 0.717) is 0 Å². The molecule has 3 unspecified atom stereocenters. The number of urea groups is 1. The van der Waals surface area contributed by atoms with Crippen LogP contribution in [0.15, 0.2) is 17.5 Å². The lowest BCUT2D eigenvalue weighted by atomic mass is 10.0. The molecule has 2 amide bonds. The Morgan fingerprint density at radius 2 is 2.05 bits per heavy atom. The summed E-state index contributed by atoms with van der Waals surface area (Å²) in [6.07, 6.45) is 0.796. The van der Waals surface area contributed by atoms with Gasteiger partial charge in [0.25, 0.3) is 0 Å². The van der Waals surface area contributed by atoms with E-state index in [0.717, 1.165) is 6.42 Å². The Hall–Kier alpha value is -1.56. The monoisotopic (exact) mass is 298 g/mol. The first-order valence-corrected chi connectivity index (χ1v) is 7.49. The molecule has 0 aliphatic rings. The molecule has 0 aromatic carbocycles. The van der Waals surface area contributed by atoms with Crippen LogP contribution >= 0.6 is 11.3 Å². The van der Waals surface area contributed by atoms with Crippen molar-refractivity contribution in [3.05, 3.63) is 22.4 Å². The number of hydrogen-bond donors (Lipinski definition) is 2. The zero-order valence-electron chi connectivity index (χ0n) is 12.3. The molecule has 1 rings (SSSR count). The summed E-state index contributed by atoms with van der Waals surface area (Å²) < 4.78 is 0. The highest BCUT2D eigenvalue weighted by Gasteiger charge is 2.24. The zero-order valence-corrected chi connectivity index (χ0v) is 13.1. The molecule has 1 heterocycles. The fraction of sp³-hybridized carbons (Fsp3) is 0.571. The van der Waals surface area contributed by atoms with Crippen molar-refractivity contribution < 1.29 is 14.7 Å². The van der Waals surface area contributed by atoms with Gasteiger partial charge in [-0.05, 0) is 32.2 Å². The number of nitrogens with one attached hydrogen (secondary N) is 1. The van der Waals surface area contributed by atoms with Crippen molar-refractivity contribution in [1.29, 1.82) is 0 Å². The summed E-state index contributed by atoms with van der Waals surface area (Å²) in [5, 5.41) is 13.7. The van der Waals surface area contributed by atoms with Crippen molar-refractivity contribution in [2.24, 2.45) is 5.92 Å². The number of carboxylic acid groups (broad SMARTS) is 1. The van der Waals surface area contributed by atoms with Crippen LogP contribution < -0.4 is 5.32 Å². The second-order valence-electron chi connectivity index (χ2n) is 5.11. The quantitative estimate of drug-likeness (QED) is 0.847. The third-order valence-corrected chi connectivity index (χ3v) is 4.45. The van der Waals surface area contributed by atoms with Gasteiger partial charge in [-0.3, -0.25) is 4.79 Å². The zero-order chi connectivity index (χ0) is 15.3. The van der Waals surface area contributed by atoms with Crippen molar-refractivity contribution in [3.63, 3.8) is 0 Å². The average Bonchev–Trinajstić information content (AvgIpc) is 2.89. The summed E-state index contributed by atoms with van der Waals surface area (Å²) in [6, 6.07) is 3.44. The maximum Gasteiger partial charge on any atom is 0.317 e. The van der Waals surface area contributed by atoms with Gasteiger partial charge in [0.05, 0.1) is 5.92 Å². The SMILES string of the molecule is CC(NC(=O)N(C)C(C)Cc1cccs1)C(C)C(=O)O. The van der Waals surface area contributed by atoms with E-state index in [4.69, 9.17) is 5.11 Å².